The lowest BCUT2D eigenvalue weighted by atomic mass is 9.88. The molecular formula is C43H84O7. The molecule has 0 aromatic carbocycles. The second-order valence-corrected chi connectivity index (χ2v) is 14.2. The van der Waals surface area contributed by atoms with Crippen LogP contribution in [0.2, 0.25) is 0 Å². The number of carbonyl (C=O) groups excluding carboxylic acids is 3. The van der Waals surface area contributed by atoms with Crippen LogP contribution >= 0.6 is 0 Å². The zero-order chi connectivity index (χ0) is 38.1. The number of ketones is 1. The number of hydrogen-bond acceptors (Lipinski definition) is 6. The van der Waals surface area contributed by atoms with Crippen LogP contribution in [0.5, 0.6) is 0 Å². The molecule has 0 radical (unpaired) electrons. The standard InChI is InChI=1S/C23H46O.C12H24O2.C4H6O2.C4H8O2/c1-5-7-9-11-13-15-17-19-21(3)23(24)22(4)20-18-16-14-12-10-8-6-2;1-3-5-6-7-8-9-10-11-12(13)14-4-2;5-4-2-1-3-6-4;1-2-3-4(5)6/h21-22H,5-20H2,1-4H3;3-11H2,1-2H3;1-3H2;2-3H2,1H3,(H,5,6). The Balaban J connectivity index is -0.000000703. The molecule has 0 aliphatic carbocycles. The van der Waals surface area contributed by atoms with Crippen molar-refractivity contribution in [2.75, 3.05) is 13.2 Å². The van der Waals surface area contributed by atoms with Crippen LogP contribution < -0.4 is 0 Å². The van der Waals surface area contributed by atoms with Gasteiger partial charge in [-0.3, -0.25) is 19.2 Å². The zero-order valence-corrected chi connectivity index (χ0v) is 34.3. The highest BCUT2D eigenvalue weighted by molar-refractivity contribution is 5.82. The Morgan fingerprint density at radius 2 is 1.00 bits per heavy atom. The number of esters is 2. The average Bonchev–Trinajstić information content (AvgIpc) is 3.58. The summed E-state index contributed by atoms with van der Waals surface area (Å²) in [6, 6.07) is 0. The molecule has 298 valence electrons. The van der Waals surface area contributed by atoms with Gasteiger partial charge in [0.05, 0.1) is 13.2 Å². The minimum atomic E-state index is -0.711. The highest BCUT2D eigenvalue weighted by Crippen LogP contribution is 2.20. The van der Waals surface area contributed by atoms with Crippen molar-refractivity contribution in [3.63, 3.8) is 0 Å². The Morgan fingerprint density at radius 1 is 0.600 bits per heavy atom. The lowest BCUT2D eigenvalue weighted by molar-refractivity contribution is -0.143. The van der Waals surface area contributed by atoms with E-state index < -0.39 is 5.97 Å². The van der Waals surface area contributed by atoms with E-state index in [-0.39, 0.29) is 23.8 Å². The fraction of sp³-hybridized carbons (Fsp3) is 0.907. The zero-order valence-electron chi connectivity index (χ0n) is 34.3. The summed E-state index contributed by atoms with van der Waals surface area (Å²) in [5, 5.41) is 7.91. The van der Waals surface area contributed by atoms with Crippen molar-refractivity contribution in [1.82, 2.24) is 0 Å². The number of carboxylic acid groups (broad SMARTS) is 1. The molecule has 2 atom stereocenters. The van der Waals surface area contributed by atoms with Gasteiger partial charge in [-0.25, -0.2) is 0 Å². The largest absolute Gasteiger partial charge is 0.481 e. The maximum absolute atomic E-state index is 12.5. The molecule has 1 saturated heterocycles. The van der Waals surface area contributed by atoms with Crippen LogP contribution in [-0.2, 0) is 28.7 Å². The molecule has 7 nitrogen and oxygen atoms in total. The van der Waals surface area contributed by atoms with Gasteiger partial charge in [-0.15, -0.1) is 0 Å². The average molecular weight is 713 g/mol. The second-order valence-electron chi connectivity index (χ2n) is 14.2. The monoisotopic (exact) mass is 713 g/mol. The molecule has 1 aliphatic heterocycles. The lowest BCUT2D eigenvalue weighted by Crippen LogP contribution is -2.19. The summed E-state index contributed by atoms with van der Waals surface area (Å²) in [6.07, 6.45) is 32.9. The molecule has 50 heavy (non-hydrogen) atoms. The number of unbranched alkanes of at least 4 members (excludes halogenated alkanes) is 18. The molecule has 1 rings (SSSR count). The molecular weight excluding hydrogens is 628 g/mol. The van der Waals surface area contributed by atoms with Crippen molar-refractivity contribution in [2.24, 2.45) is 11.8 Å². The maximum Gasteiger partial charge on any atom is 0.305 e. The first-order valence-electron chi connectivity index (χ1n) is 21.2. The minimum Gasteiger partial charge on any atom is -0.481 e. The highest BCUT2D eigenvalue weighted by atomic mass is 16.5. The van der Waals surface area contributed by atoms with Crippen molar-refractivity contribution in [1.29, 1.82) is 0 Å². The summed E-state index contributed by atoms with van der Waals surface area (Å²) in [5.41, 5.74) is 0. The van der Waals surface area contributed by atoms with Crippen LogP contribution in [0, 0.1) is 11.8 Å². The normalized spacial score (nSPS) is 13.0. The molecule has 1 fully saturated rings. The first-order chi connectivity index (χ1) is 24.1. The van der Waals surface area contributed by atoms with Crippen LogP contribution in [0.4, 0.5) is 0 Å². The first-order valence-corrected chi connectivity index (χ1v) is 21.2. The molecule has 2 unspecified atom stereocenters. The third-order valence-electron chi connectivity index (χ3n) is 8.99. The van der Waals surface area contributed by atoms with Gasteiger partial charge < -0.3 is 14.6 Å². The van der Waals surface area contributed by atoms with Gasteiger partial charge in [0.2, 0.25) is 0 Å². The number of hydrogen-bond donors (Lipinski definition) is 1. The Bertz CT molecular complexity index is 718. The second kappa shape index (κ2) is 43.2. The third kappa shape index (κ3) is 44.1. The van der Waals surface area contributed by atoms with E-state index in [1.54, 1.807) is 0 Å². The van der Waals surface area contributed by atoms with Gasteiger partial charge in [-0.2, -0.15) is 0 Å². The van der Waals surface area contributed by atoms with Gasteiger partial charge in [0.1, 0.15) is 5.78 Å². The predicted molar refractivity (Wildman–Crippen MR) is 211 cm³/mol. The van der Waals surface area contributed by atoms with Crippen LogP contribution in [0.3, 0.4) is 0 Å². The van der Waals surface area contributed by atoms with Gasteiger partial charge >= 0.3 is 17.9 Å². The van der Waals surface area contributed by atoms with E-state index in [0.29, 0.717) is 38.3 Å². The first kappa shape index (κ1) is 52.4. The van der Waals surface area contributed by atoms with E-state index >= 15 is 0 Å². The van der Waals surface area contributed by atoms with Crippen LogP contribution in [0.25, 0.3) is 0 Å². The number of cyclic esters (lactones) is 1. The molecule has 1 N–H and O–H groups in total. The molecule has 0 saturated carbocycles. The molecule has 0 bridgehead atoms. The van der Waals surface area contributed by atoms with E-state index in [1.165, 1.54) is 128 Å². The quantitative estimate of drug-likeness (QED) is 0.0607. The molecule has 1 heterocycles. The third-order valence-corrected chi connectivity index (χ3v) is 8.99. The maximum atomic E-state index is 12.5. The number of carboxylic acids is 1. The van der Waals surface area contributed by atoms with Crippen molar-refractivity contribution in [3.8, 4) is 0 Å². The van der Waals surface area contributed by atoms with Gasteiger partial charge in [-0.05, 0) is 39.0 Å². The lowest BCUT2D eigenvalue weighted by Gasteiger charge is -2.16. The molecule has 0 amide bonds. The summed E-state index contributed by atoms with van der Waals surface area (Å²) in [4.78, 5) is 43.0. The number of aliphatic carboxylic acids is 1. The number of rotatable bonds is 29. The fourth-order valence-electron chi connectivity index (χ4n) is 5.73. The number of carbonyl (C=O) groups is 4. The van der Waals surface area contributed by atoms with E-state index in [4.69, 9.17) is 9.84 Å². The van der Waals surface area contributed by atoms with Gasteiger partial charge in [-0.1, -0.05) is 170 Å². The van der Waals surface area contributed by atoms with Gasteiger partial charge in [0.15, 0.2) is 0 Å². The molecule has 7 heteroatoms. The van der Waals surface area contributed by atoms with E-state index in [1.807, 2.05) is 13.8 Å². The summed E-state index contributed by atoms with van der Waals surface area (Å²) >= 11 is 0. The predicted octanol–water partition coefficient (Wildman–Crippen LogP) is 13.0. The van der Waals surface area contributed by atoms with Crippen molar-refractivity contribution in [3.05, 3.63) is 0 Å². The van der Waals surface area contributed by atoms with Crippen LogP contribution in [-0.4, -0.2) is 42.0 Å². The Morgan fingerprint density at radius 3 is 1.28 bits per heavy atom. The number of Topliss-reactive ketones (excluding diaryl/α,β-unsaturated/α-hetero) is 1. The molecule has 0 aromatic heterocycles. The topological polar surface area (TPSA) is 107 Å². The summed E-state index contributed by atoms with van der Waals surface area (Å²) < 4.78 is 9.36. The molecule has 0 spiro atoms. The Hall–Kier alpha value is -1.92. The van der Waals surface area contributed by atoms with Crippen molar-refractivity contribution in [2.45, 2.75) is 228 Å². The van der Waals surface area contributed by atoms with Crippen molar-refractivity contribution < 1.29 is 33.8 Å². The summed E-state index contributed by atoms with van der Waals surface area (Å²) in [7, 11) is 0. The smallest absolute Gasteiger partial charge is 0.305 e. The summed E-state index contributed by atoms with van der Waals surface area (Å²) in [5.74, 6) is 0.279. The molecule has 0 aromatic rings. The number of ether oxygens (including phenoxy) is 2. The van der Waals surface area contributed by atoms with Crippen LogP contribution in [0.15, 0.2) is 0 Å². The van der Waals surface area contributed by atoms with E-state index in [0.717, 1.165) is 32.1 Å². The summed E-state index contributed by atoms with van der Waals surface area (Å²) in [6.45, 7) is 15.9. The minimum absolute atomic E-state index is 0.0407. The molecule has 1 aliphatic rings. The Labute approximate surface area is 310 Å². The van der Waals surface area contributed by atoms with Crippen LogP contribution in [0.1, 0.15) is 228 Å². The Kier molecular flexibility index (Phi) is 45.4. The van der Waals surface area contributed by atoms with E-state index in [2.05, 4.69) is 39.4 Å². The van der Waals surface area contributed by atoms with Crippen molar-refractivity contribution >= 4 is 23.7 Å². The fourth-order valence-corrected chi connectivity index (χ4v) is 5.73. The SMILES string of the molecule is CCCC(=O)O.CCCCCCCCCC(=O)OCC.CCCCCCCCCC(C)C(=O)C(C)CCCCCCCCC.O=C1CCCO1. The highest BCUT2D eigenvalue weighted by Gasteiger charge is 2.19. The van der Waals surface area contributed by atoms with Gasteiger partial charge in [0.25, 0.3) is 0 Å². The van der Waals surface area contributed by atoms with Gasteiger partial charge in [0, 0.05) is 31.1 Å². The van der Waals surface area contributed by atoms with E-state index in [9.17, 15) is 19.2 Å².